The van der Waals surface area contributed by atoms with Gasteiger partial charge in [0.15, 0.2) is 0 Å². The van der Waals surface area contributed by atoms with Crippen LogP contribution < -0.4 is 0 Å². The van der Waals surface area contributed by atoms with E-state index < -0.39 is 0 Å². The smallest absolute Gasteiger partial charge is 0.145 e. The van der Waals surface area contributed by atoms with Crippen LogP contribution in [0.5, 0.6) is 0 Å². The second-order valence-electron chi connectivity index (χ2n) is 15.9. The van der Waals surface area contributed by atoms with Gasteiger partial charge in [0.25, 0.3) is 0 Å². The van der Waals surface area contributed by atoms with Gasteiger partial charge in [0.05, 0.1) is 61.0 Å². The molecule has 4 aromatic heterocycles. The van der Waals surface area contributed by atoms with Crippen molar-refractivity contribution >= 4 is 87.4 Å². The van der Waals surface area contributed by atoms with E-state index in [1.165, 1.54) is 16.3 Å². The summed E-state index contributed by atoms with van der Waals surface area (Å²) in [6, 6.07) is 70.0. The summed E-state index contributed by atoms with van der Waals surface area (Å²) in [6.07, 6.45) is 0. The summed E-state index contributed by atoms with van der Waals surface area (Å²) in [7, 11) is 0. The number of benzene rings is 9. The third kappa shape index (κ3) is 4.66. The van der Waals surface area contributed by atoms with Gasteiger partial charge in [-0.3, -0.25) is 0 Å². The third-order valence-corrected chi connectivity index (χ3v) is 12.7. The van der Waals surface area contributed by atoms with Gasteiger partial charge in [0.1, 0.15) is 23.3 Å². The second-order valence-corrected chi connectivity index (χ2v) is 15.9. The molecular weight excluding hydrogens is 759 g/mol. The van der Waals surface area contributed by atoms with E-state index in [2.05, 4.69) is 159 Å². The molecule has 0 saturated carbocycles. The van der Waals surface area contributed by atoms with E-state index in [0.717, 1.165) is 87.9 Å². The molecule has 0 N–H and O–H groups in total. The fourth-order valence-electron chi connectivity index (χ4n) is 10.0. The molecule has 0 unspecified atom stereocenters. The molecule has 0 bridgehead atoms. The Morgan fingerprint density at radius 1 is 0.355 bits per heavy atom. The van der Waals surface area contributed by atoms with Gasteiger partial charge in [-0.1, -0.05) is 103 Å². The van der Waals surface area contributed by atoms with Crippen LogP contribution in [0.2, 0.25) is 0 Å². The summed E-state index contributed by atoms with van der Waals surface area (Å²) in [5, 5.41) is 30.5. The van der Waals surface area contributed by atoms with Crippen molar-refractivity contribution < 1.29 is 4.42 Å². The molecule has 0 spiro atoms. The Morgan fingerprint density at radius 3 is 1.45 bits per heavy atom. The molecule has 6 heteroatoms. The average Bonchev–Trinajstić information content (AvgIpc) is 4.07. The highest BCUT2D eigenvalue weighted by atomic mass is 16.3. The Morgan fingerprint density at radius 2 is 0.823 bits per heavy atom. The first kappa shape index (κ1) is 34.1. The summed E-state index contributed by atoms with van der Waals surface area (Å²) in [5.74, 6) is 0. The Bertz CT molecular complexity index is 4130. The molecule has 0 atom stereocenters. The van der Waals surface area contributed by atoms with Gasteiger partial charge in [0.2, 0.25) is 0 Å². The highest BCUT2D eigenvalue weighted by molar-refractivity contribution is 6.24. The minimum atomic E-state index is 0.455. The predicted molar refractivity (Wildman–Crippen MR) is 252 cm³/mol. The Kier molecular flexibility index (Phi) is 7.05. The van der Waals surface area contributed by atoms with Crippen molar-refractivity contribution in [2.45, 2.75) is 0 Å². The summed E-state index contributed by atoms with van der Waals surface area (Å²) in [6.45, 7) is 0. The topological polar surface area (TPSA) is 75.5 Å². The standard InChI is InChI=1S/C56H31N5O/c57-32-36-31-53(61-48-20-10-6-17-43(48)55-51(61)27-24-42-41-16-7-11-21-54(41)62-56(42)55)37(33-58)30-52(36)60-47-19-9-5-15-40(47)45-29-35(23-26-50(45)60)34-22-25-49-44(28-34)39-14-4-8-18-46(39)59(49)38-12-2-1-3-13-38/h1-31H. The van der Waals surface area contributed by atoms with Crippen molar-refractivity contribution in [1.82, 2.24) is 13.7 Å². The van der Waals surface area contributed by atoms with E-state index in [4.69, 9.17) is 4.42 Å². The second kappa shape index (κ2) is 12.8. The average molecular weight is 790 g/mol. The Labute approximate surface area is 354 Å². The zero-order valence-corrected chi connectivity index (χ0v) is 33.0. The molecule has 13 aromatic rings. The first-order valence-electron chi connectivity index (χ1n) is 20.6. The van der Waals surface area contributed by atoms with Gasteiger partial charge in [-0.05, 0) is 96.1 Å². The highest BCUT2D eigenvalue weighted by Gasteiger charge is 2.23. The summed E-state index contributed by atoms with van der Waals surface area (Å²) in [5.41, 5.74) is 13.2. The third-order valence-electron chi connectivity index (χ3n) is 12.7. The minimum Gasteiger partial charge on any atom is -0.455 e. The predicted octanol–water partition coefficient (Wildman–Crippen LogP) is 14.3. The molecule has 0 saturated heterocycles. The molecule has 4 heterocycles. The first-order valence-corrected chi connectivity index (χ1v) is 20.6. The van der Waals surface area contributed by atoms with Crippen LogP contribution in [0.15, 0.2) is 192 Å². The van der Waals surface area contributed by atoms with Gasteiger partial charge < -0.3 is 18.1 Å². The molecule has 0 aliphatic heterocycles. The lowest BCUT2D eigenvalue weighted by molar-refractivity contribution is 0.673. The molecular formula is C56H31N5O. The normalized spacial score (nSPS) is 11.8. The number of hydrogen-bond acceptors (Lipinski definition) is 3. The fraction of sp³-hybridized carbons (Fsp3) is 0. The molecule has 0 radical (unpaired) electrons. The minimum absolute atomic E-state index is 0.455. The Hall–Kier alpha value is -8.84. The number of nitriles is 2. The van der Waals surface area contributed by atoms with E-state index in [1.54, 1.807) is 0 Å². The van der Waals surface area contributed by atoms with Crippen LogP contribution in [-0.4, -0.2) is 13.7 Å². The summed E-state index contributed by atoms with van der Waals surface area (Å²) in [4.78, 5) is 0. The molecule has 286 valence electrons. The summed E-state index contributed by atoms with van der Waals surface area (Å²) < 4.78 is 13.1. The number of para-hydroxylation sites is 5. The van der Waals surface area contributed by atoms with Gasteiger partial charge >= 0.3 is 0 Å². The number of furan rings is 1. The van der Waals surface area contributed by atoms with Crippen molar-refractivity contribution in [2.24, 2.45) is 0 Å². The molecule has 13 rings (SSSR count). The molecule has 62 heavy (non-hydrogen) atoms. The van der Waals surface area contributed by atoms with E-state index in [-0.39, 0.29) is 0 Å². The lowest BCUT2D eigenvalue weighted by Crippen LogP contribution is -2.04. The van der Waals surface area contributed by atoms with Gasteiger partial charge in [0, 0.05) is 43.4 Å². The molecule has 0 aliphatic rings. The SMILES string of the molecule is N#Cc1cc(-n2c3ccccc3c3c4oc5ccccc5c4ccc32)c(C#N)cc1-n1c2ccccc2c2cc(-c3ccc4c(c3)c3ccccc3n4-c3ccccc3)ccc21. The van der Waals surface area contributed by atoms with Crippen LogP contribution >= 0.6 is 0 Å². The maximum Gasteiger partial charge on any atom is 0.145 e. The number of fused-ring (bicyclic) bond motifs is 13. The van der Waals surface area contributed by atoms with Crippen LogP contribution in [0.4, 0.5) is 0 Å². The van der Waals surface area contributed by atoms with Crippen LogP contribution in [0, 0.1) is 22.7 Å². The van der Waals surface area contributed by atoms with E-state index >= 15 is 0 Å². The molecule has 0 fully saturated rings. The van der Waals surface area contributed by atoms with E-state index in [0.29, 0.717) is 22.5 Å². The lowest BCUT2D eigenvalue weighted by atomic mass is 10.0. The Balaban J connectivity index is 1.00. The van der Waals surface area contributed by atoms with Crippen LogP contribution in [0.3, 0.4) is 0 Å². The maximum atomic E-state index is 11.0. The zero-order valence-electron chi connectivity index (χ0n) is 33.0. The monoisotopic (exact) mass is 789 g/mol. The highest BCUT2D eigenvalue weighted by Crippen LogP contribution is 2.43. The summed E-state index contributed by atoms with van der Waals surface area (Å²) >= 11 is 0. The number of hydrogen-bond donors (Lipinski definition) is 0. The van der Waals surface area contributed by atoms with Gasteiger partial charge in [-0.25, -0.2) is 0 Å². The van der Waals surface area contributed by atoms with E-state index in [1.807, 2.05) is 54.6 Å². The van der Waals surface area contributed by atoms with Crippen LogP contribution in [0.25, 0.3) is 116 Å². The molecule has 0 amide bonds. The zero-order chi connectivity index (χ0) is 41.1. The van der Waals surface area contributed by atoms with Crippen molar-refractivity contribution in [2.75, 3.05) is 0 Å². The molecule has 9 aromatic carbocycles. The lowest BCUT2D eigenvalue weighted by Gasteiger charge is -2.15. The molecule has 6 nitrogen and oxygen atoms in total. The quantitative estimate of drug-likeness (QED) is 0.178. The van der Waals surface area contributed by atoms with Crippen molar-refractivity contribution in [3.8, 4) is 40.3 Å². The van der Waals surface area contributed by atoms with E-state index in [9.17, 15) is 10.5 Å². The van der Waals surface area contributed by atoms with Crippen LogP contribution in [0.1, 0.15) is 11.1 Å². The van der Waals surface area contributed by atoms with Gasteiger partial charge in [-0.15, -0.1) is 0 Å². The first-order chi connectivity index (χ1) is 30.7. The number of aromatic nitrogens is 3. The fourth-order valence-corrected chi connectivity index (χ4v) is 10.0. The largest absolute Gasteiger partial charge is 0.455 e. The van der Waals surface area contributed by atoms with Crippen molar-refractivity contribution in [3.63, 3.8) is 0 Å². The van der Waals surface area contributed by atoms with Crippen molar-refractivity contribution in [3.05, 3.63) is 199 Å². The van der Waals surface area contributed by atoms with Crippen molar-refractivity contribution in [1.29, 1.82) is 10.5 Å². The van der Waals surface area contributed by atoms with Gasteiger partial charge in [-0.2, -0.15) is 10.5 Å². The number of rotatable bonds is 4. The molecule has 0 aliphatic carbocycles. The maximum absolute atomic E-state index is 11.0. The number of nitrogens with zero attached hydrogens (tertiary/aromatic N) is 5. The van der Waals surface area contributed by atoms with Crippen LogP contribution in [-0.2, 0) is 0 Å².